The number of carbonyl (C=O) groups is 1. The lowest BCUT2D eigenvalue weighted by atomic mass is 9.92. The molecule has 8 heteroatoms. The van der Waals surface area contributed by atoms with E-state index in [1.165, 1.54) is 6.07 Å². The number of carbonyl (C=O) groups excluding carboxylic acids is 1. The van der Waals surface area contributed by atoms with Gasteiger partial charge in [0.1, 0.15) is 6.10 Å². The Hall–Kier alpha value is -2.67. The summed E-state index contributed by atoms with van der Waals surface area (Å²) in [5.41, 5.74) is 0.394. The van der Waals surface area contributed by atoms with Gasteiger partial charge in [-0.3, -0.25) is 14.9 Å². The van der Waals surface area contributed by atoms with Crippen molar-refractivity contribution >= 4 is 23.2 Å². The number of pyridine rings is 1. The number of aromatic nitrogens is 1. The molecule has 1 fully saturated rings. The van der Waals surface area contributed by atoms with Crippen molar-refractivity contribution in [1.29, 1.82) is 0 Å². The van der Waals surface area contributed by atoms with Crippen LogP contribution in [0.1, 0.15) is 31.2 Å². The first kappa shape index (κ1) is 19.1. The minimum atomic E-state index is -0.462. The maximum absolute atomic E-state index is 12.3. The predicted octanol–water partition coefficient (Wildman–Crippen LogP) is 3.69. The highest BCUT2D eigenvalue weighted by atomic mass is 35.5. The number of hydrogen-bond donors (Lipinski definition) is 1. The molecule has 1 aliphatic rings. The van der Waals surface area contributed by atoms with Gasteiger partial charge in [-0.25, -0.2) is 4.98 Å². The molecule has 0 saturated heterocycles. The van der Waals surface area contributed by atoms with Crippen LogP contribution in [0.2, 0.25) is 5.02 Å². The van der Waals surface area contributed by atoms with Crippen LogP contribution in [-0.2, 0) is 11.2 Å². The Balaban J connectivity index is 1.47. The number of rotatable bonds is 6. The van der Waals surface area contributed by atoms with E-state index in [4.69, 9.17) is 16.3 Å². The van der Waals surface area contributed by atoms with E-state index in [-0.39, 0.29) is 30.2 Å². The van der Waals surface area contributed by atoms with Crippen LogP contribution >= 0.6 is 11.6 Å². The predicted molar refractivity (Wildman–Crippen MR) is 101 cm³/mol. The molecule has 3 rings (SSSR count). The molecule has 1 aromatic carbocycles. The minimum Gasteiger partial charge on any atom is -0.474 e. The molecule has 0 unspecified atom stereocenters. The van der Waals surface area contributed by atoms with Crippen molar-refractivity contribution in [3.63, 3.8) is 0 Å². The van der Waals surface area contributed by atoms with Gasteiger partial charge < -0.3 is 10.1 Å². The first-order valence-corrected chi connectivity index (χ1v) is 9.19. The summed E-state index contributed by atoms with van der Waals surface area (Å²) in [5, 5.41) is 14.6. The van der Waals surface area contributed by atoms with E-state index < -0.39 is 4.92 Å². The van der Waals surface area contributed by atoms with E-state index in [0.29, 0.717) is 16.5 Å². The van der Waals surface area contributed by atoms with E-state index >= 15 is 0 Å². The Bertz CT molecular complexity index is 805. The number of halogens is 1. The number of benzene rings is 1. The Morgan fingerprint density at radius 3 is 2.63 bits per heavy atom. The highest BCUT2D eigenvalue weighted by Gasteiger charge is 2.24. The molecule has 1 amide bonds. The second-order valence-corrected chi connectivity index (χ2v) is 6.97. The van der Waals surface area contributed by atoms with Gasteiger partial charge in [-0.2, -0.15) is 0 Å². The fourth-order valence-corrected chi connectivity index (χ4v) is 3.33. The Labute approximate surface area is 161 Å². The van der Waals surface area contributed by atoms with Crippen LogP contribution < -0.4 is 10.1 Å². The summed E-state index contributed by atoms with van der Waals surface area (Å²) in [7, 11) is 0. The zero-order chi connectivity index (χ0) is 19.2. The fourth-order valence-electron chi connectivity index (χ4n) is 3.22. The summed E-state index contributed by atoms with van der Waals surface area (Å²) in [6.07, 6.45) is 4.80. The van der Waals surface area contributed by atoms with E-state index in [1.54, 1.807) is 36.5 Å². The van der Waals surface area contributed by atoms with Crippen molar-refractivity contribution in [2.24, 2.45) is 0 Å². The van der Waals surface area contributed by atoms with Crippen molar-refractivity contribution in [3.05, 3.63) is 63.3 Å². The molecule has 1 aromatic heterocycles. The van der Waals surface area contributed by atoms with Crippen LogP contribution in [0.15, 0.2) is 42.6 Å². The molecule has 142 valence electrons. The second kappa shape index (κ2) is 8.81. The summed E-state index contributed by atoms with van der Waals surface area (Å²) >= 11 is 5.81. The van der Waals surface area contributed by atoms with Gasteiger partial charge in [0.05, 0.1) is 16.4 Å². The normalized spacial score (nSPS) is 19.3. The van der Waals surface area contributed by atoms with E-state index in [1.807, 2.05) is 0 Å². The fraction of sp³-hybridized carbons (Fsp3) is 0.368. The maximum atomic E-state index is 12.3. The zero-order valence-corrected chi connectivity index (χ0v) is 15.4. The van der Waals surface area contributed by atoms with Crippen molar-refractivity contribution < 1.29 is 14.5 Å². The van der Waals surface area contributed by atoms with Crippen LogP contribution in [0, 0.1) is 10.1 Å². The lowest BCUT2D eigenvalue weighted by molar-refractivity contribution is -0.385. The molecule has 0 radical (unpaired) electrons. The Morgan fingerprint density at radius 1 is 1.22 bits per heavy atom. The molecular weight excluding hydrogens is 370 g/mol. The number of nitrogens with zero attached hydrogens (tertiary/aromatic N) is 2. The summed E-state index contributed by atoms with van der Waals surface area (Å²) < 4.78 is 5.84. The SMILES string of the molecule is O=C(Cc1ccccc1[N+](=O)[O-])NC1CCC(Oc2ccc(Cl)cn2)CC1. The Kier molecular flexibility index (Phi) is 6.24. The second-order valence-electron chi connectivity index (χ2n) is 6.54. The van der Waals surface area contributed by atoms with Crippen molar-refractivity contribution in [3.8, 4) is 5.88 Å². The quantitative estimate of drug-likeness (QED) is 0.600. The van der Waals surface area contributed by atoms with Crippen LogP contribution in [0.5, 0.6) is 5.88 Å². The van der Waals surface area contributed by atoms with Gasteiger partial charge >= 0.3 is 0 Å². The van der Waals surface area contributed by atoms with Gasteiger partial charge in [0.15, 0.2) is 0 Å². The molecule has 1 saturated carbocycles. The molecule has 1 heterocycles. The molecule has 2 aromatic rings. The minimum absolute atomic E-state index is 0.00226. The number of nitrogens with one attached hydrogen (secondary N) is 1. The molecule has 0 aliphatic heterocycles. The van der Waals surface area contributed by atoms with Gasteiger partial charge in [0.25, 0.3) is 5.69 Å². The molecule has 0 atom stereocenters. The van der Waals surface area contributed by atoms with Gasteiger partial charge in [0, 0.05) is 29.9 Å². The van der Waals surface area contributed by atoms with E-state index in [9.17, 15) is 14.9 Å². The van der Waals surface area contributed by atoms with E-state index in [2.05, 4.69) is 10.3 Å². The van der Waals surface area contributed by atoms with Crippen LogP contribution in [0.25, 0.3) is 0 Å². The molecule has 1 N–H and O–H groups in total. The Morgan fingerprint density at radius 2 is 1.96 bits per heavy atom. The van der Waals surface area contributed by atoms with E-state index in [0.717, 1.165) is 25.7 Å². The number of amides is 1. The summed E-state index contributed by atoms with van der Waals surface area (Å²) in [5.74, 6) is 0.344. The average molecular weight is 390 g/mol. The molecule has 0 spiro atoms. The highest BCUT2D eigenvalue weighted by Crippen LogP contribution is 2.24. The lowest BCUT2D eigenvalue weighted by Crippen LogP contribution is -2.40. The third-order valence-electron chi connectivity index (χ3n) is 4.57. The van der Waals surface area contributed by atoms with Crippen molar-refractivity contribution in [2.45, 2.75) is 44.2 Å². The van der Waals surface area contributed by atoms with Crippen LogP contribution in [-0.4, -0.2) is 28.0 Å². The maximum Gasteiger partial charge on any atom is 0.273 e. The highest BCUT2D eigenvalue weighted by molar-refractivity contribution is 6.30. The smallest absolute Gasteiger partial charge is 0.273 e. The third-order valence-corrected chi connectivity index (χ3v) is 4.79. The van der Waals surface area contributed by atoms with Gasteiger partial charge in [-0.05, 0) is 31.7 Å². The number of para-hydroxylation sites is 1. The number of nitro benzene ring substituents is 1. The largest absolute Gasteiger partial charge is 0.474 e. The van der Waals surface area contributed by atoms with Gasteiger partial charge in [0.2, 0.25) is 11.8 Å². The summed E-state index contributed by atoms with van der Waals surface area (Å²) in [6.45, 7) is 0. The molecular formula is C19H20ClN3O4. The third kappa shape index (κ3) is 5.40. The first-order valence-electron chi connectivity index (χ1n) is 8.81. The number of ether oxygens (including phenoxy) is 1. The summed E-state index contributed by atoms with van der Waals surface area (Å²) in [4.78, 5) is 27.0. The van der Waals surface area contributed by atoms with Crippen molar-refractivity contribution in [2.75, 3.05) is 0 Å². The monoisotopic (exact) mass is 389 g/mol. The standard InChI is InChI=1S/C19H20ClN3O4/c20-14-5-10-19(21-12-14)27-16-8-6-15(7-9-16)22-18(24)11-13-3-1-2-4-17(13)23(25)26/h1-5,10,12,15-16H,6-9,11H2,(H,22,24). The molecule has 27 heavy (non-hydrogen) atoms. The van der Waals surface area contributed by atoms with Gasteiger partial charge in [-0.1, -0.05) is 29.8 Å². The zero-order valence-electron chi connectivity index (χ0n) is 14.6. The first-order chi connectivity index (χ1) is 13.0. The molecule has 1 aliphatic carbocycles. The van der Waals surface area contributed by atoms with Crippen LogP contribution in [0.4, 0.5) is 5.69 Å². The number of nitro groups is 1. The van der Waals surface area contributed by atoms with Crippen LogP contribution in [0.3, 0.4) is 0 Å². The van der Waals surface area contributed by atoms with Crippen molar-refractivity contribution in [1.82, 2.24) is 10.3 Å². The van der Waals surface area contributed by atoms with Gasteiger partial charge in [-0.15, -0.1) is 0 Å². The molecule has 0 bridgehead atoms. The average Bonchev–Trinajstić information content (AvgIpc) is 2.65. The summed E-state index contributed by atoms with van der Waals surface area (Å²) in [6, 6.07) is 9.84. The molecule has 7 nitrogen and oxygen atoms in total. The lowest BCUT2D eigenvalue weighted by Gasteiger charge is -2.29. The number of hydrogen-bond acceptors (Lipinski definition) is 5. The topological polar surface area (TPSA) is 94.4 Å².